The maximum atomic E-state index is 12.3. The Kier molecular flexibility index (Phi) is 2.98. The SMILES string of the molecule is O=Cc1ccc(C(F)(F)F)c(C(F)(F)F)c1. The molecule has 0 spiro atoms. The predicted molar refractivity (Wildman–Crippen MR) is 41.8 cm³/mol. The van der Waals surface area contributed by atoms with Gasteiger partial charge in [0.25, 0.3) is 0 Å². The van der Waals surface area contributed by atoms with Crippen molar-refractivity contribution < 1.29 is 31.1 Å². The average molecular weight is 242 g/mol. The Labute approximate surface area is 85.7 Å². The van der Waals surface area contributed by atoms with Gasteiger partial charge in [-0.25, -0.2) is 0 Å². The van der Waals surface area contributed by atoms with Crippen LogP contribution in [-0.4, -0.2) is 6.29 Å². The molecule has 88 valence electrons. The van der Waals surface area contributed by atoms with E-state index in [2.05, 4.69) is 0 Å². The first-order chi connectivity index (χ1) is 7.16. The van der Waals surface area contributed by atoms with Crippen LogP contribution in [0.3, 0.4) is 0 Å². The fourth-order valence-electron chi connectivity index (χ4n) is 1.12. The van der Waals surface area contributed by atoms with Gasteiger partial charge in [-0.2, -0.15) is 26.3 Å². The van der Waals surface area contributed by atoms with Crippen molar-refractivity contribution in [2.75, 3.05) is 0 Å². The molecule has 16 heavy (non-hydrogen) atoms. The van der Waals surface area contributed by atoms with Crippen LogP contribution in [0.1, 0.15) is 21.5 Å². The third kappa shape index (κ3) is 2.53. The van der Waals surface area contributed by atoms with Gasteiger partial charge in [-0.05, 0) is 12.1 Å². The number of rotatable bonds is 1. The van der Waals surface area contributed by atoms with Crippen molar-refractivity contribution in [3.8, 4) is 0 Å². The fourth-order valence-corrected chi connectivity index (χ4v) is 1.12. The molecular weight excluding hydrogens is 238 g/mol. The molecule has 1 aromatic carbocycles. The second kappa shape index (κ2) is 3.80. The Morgan fingerprint density at radius 2 is 1.38 bits per heavy atom. The lowest BCUT2D eigenvalue weighted by atomic mass is 10.0. The first-order valence-corrected chi connectivity index (χ1v) is 3.90. The van der Waals surface area contributed by atoms with Crippen molar-refractivity contribution in [2.45, 2.75) is 12.4 Å². The molecule has 0 aliphatic carbocycles. The standard InChI is InChI=1S/C9H4F6O/c10-8(11,12)6-2-1-5(4-16)3-7(6)9(13,14)15/h1-4H. The smallest absolute Gasteiger partial charge is 0.298 e. The highest BCUT2D eigenvalue weighted by molar-refractivity contribution is 5.75. The Balaban J connectivity index is 3.45. The first kappa shape index (κ1) is 12.5. The van der Waals surface area contributed by atoms with Gasteiger partial charge in [0.2, 0.25) is 0 Å². The molecule has 1 aromatic rings. The minimum Gasteiger partial charge on any atom is -0.298 e. The lowest BCUT2D eigenvalue weighted by Gasteiger charge is -2.15. The topological polar surface area (TPSA) is 17.1 Å². The van der Waals surface area contributed by atoms with Crippen molar-refractivity contribution in [3.05, 3.63) is 34.9 Å². The number of hydrogen-bond acceptors (Lipinski definition) is 1. The number of halogens is 6. The molecule has 0 aliphatic heterocycles. The number of aldehydes is 1. The van der Waals surface area contributed by atoms with Gasteiger partial charge < -0.3 is 0 Å². The number of carbonyl (C=O) groups excluding carboxylic acids is 1. The molecule has 0 saturated carbocycles. The van der Waals surface area contributed by atoms with Gasteiger partial charge in [-0.3, -0.25) is 4.79 Å². The Bertz CT molecular complexity index is 403. The molecule has 0 bridgehead atoms. The summed E-state index contributed by atoms with van der Waals surface area (Å²) in [6.07, 6.45) is -10.2. The molecule has 0 heterocycles. The molecule has 0 N–H and O–H groups in total. The van der Waals surface area contributed by atoms with Crippen molar-refractivity contribution in [3.63, 3.8) is 0 Å². The van der Waals surface area contributed by atoms with E-state index >= 15 is 0 Å². The van der Waals surface area contributed by atoms with E-state index in [-0.39, 0.29) is 18.4 Å². The summed E-state index contributed by atoms with van der Waals surface area (Å²) < 4.78 is 73.5. The summed E-state index contributed by atoms with van der Waals surface area (Å²) in [6.45, 7) is 0. The van der Waals surface area contributed by atoms with Gasteiger partial charge in [0.15, 0.2) is 0 Å². The van der Waals surface area contributed by atoms with E-state index in [9.17, 15) is 31.1 Å². The Morgan fingerprint density at radius 1 is 0.875 bits per heavy atom. The third-order valence-electron chi connectivity index (χ3n) is 1.79. The number of alkyl halides is 6. The van der Waals surface area contributed by atoms with E-state index < -0.39 is 29.0 Å². The van der Waals surface area contributed by atoms with Crippen LogP contribution in [0.2, 0.25) is 0 Å². The van der Waals surface area contributed by atoms with E-state index in [1.54, 1.807) is 0 Å². The van der Waals surface area contributed by atoms with Crippen LogP contribution in [0, 0.1) is 0 Å². The number of hydrogen-bond donors (Lipinski definition) is 0. The number of carbonyl (C=O) groups is 1. The quantitative estimate of drug-likeness (QED) is 0.543. The average Bonchev–Trinajstić information content (AvgIpc) is 2.14. The highest BCUT2D eigenvalue weighted by atomic mass is 19.4. The Hall–Kier alpha value is -1.53. The van der Waals surface area contributed by atoms with E-state index in [1.165, 1.54) is 0 Å². The van der Waals surface area contributed by atoms with Crippen LogP contribution in [0.15, 0.2) is 18.2 Å². The third-order valence-corrected chi connectivity index (χ3v) is 1.79. The van der Waals surface area contributed by atoms with Crippen molar-refractivity contribution >= 4 is 6.29 Å². The summed E-state index contributed by atoms with van der Waals surface area (Å²) in [6, 6.07) is 1.10. The molecule has 0 fully saturated rings. The first-order valence-electron chi connectivity index (χ1n) is 3.90. The molecule has 7 heteroatoms. The van der Waals surface area contributed by atoms with E-state index in [0.717, 1.165) is 0 Å². The molecule has 0 aromatic heterocycles. The zero-order chi connectivity index (χ0) is 12.6. The summed E-state index contributed by atoms with van der Waals surface area (Å²) in [7, 11) is 0. The Morgan fingerprint density at radius 3 is 1.75 bits per heavy atom. The van der Waals surface area contributed by atoms with Crippen LogP contribution >= 0.6 is 0 Å². The van der Waals surface area contributed by atoms with Gasteiger partial charge in [0.1, 0.15) is 6.29 Å². The summed E-state index contributed by atoms with van der Waals surface area (Å²) in [5.41, 5.74) is -4.12. The minimum absolute atomic E-state index is 0.0510. The predicted octanol–water partition coefficient (Wildman–Crippen LogP) is 3.54. The number of benzene rings is 1. The van der Waals surface area contributed by atoms with E-state index in [4.69, 9.17) is 0 Å². The van der Waals surface area contributed by atoms with Gasteiger partial charge in [-0.1, -0.05) is 6.07 Å². The largest absolute Gasteiger partial charge is 0.417 e. The molecule has 0 saturated heterocycles. The maximum Gasteiger partial charge on any atom is 0.417 e. The van der Waals surface area contributed by atoms with Crippen LogP contribution in [0.25, 0.3) is 0 Å². The lowest BCUT2D eigenvalue weighted by molar-refractivity contribution is -0.162. The zero-order valence-electron chi connectivity index (χ0n) is 7.49. The normalized spacial score (nSPS) is 12.6. The molecule has 0 aliphatic rings. The van der Waals surface area contributed by atoms with Crippen LogP contribution in [-0.2, 0) is 12.4 Å². The monoisotopic (exact) mass is 242 g/mol. The lowest BCUT2D eigenvalue weighted by Crippen LogP contribution is -2.16. The zero-order valence-corrected chi connectivity index (χ0v) is 7.49. The summed E-state index contributed by atoms with van der Waals surface area (Å²) in [5.74, 6) is 0. The summed E-state index contributed by atoms with van der Waals surface area (Å²) >= 11 is 0. The molecule has 0 amide bonds. The van der Waals surface area contributed by atoms with Crippen LogP contribution in [0.5, 0.6) is 0 Å². The molecule has 0 atom stereocenters. The molecule has 1 rings (SSSR count). The molecule has 0 unspecified atom stereocenters. The van der Waals surface area contributed by atoms with Gasteiger partial charge in [0.05, 0.1) is 11.1 Å². The highest BCUT2D eigenvalue weighted by Crippen LogP contribution is 2.40. The van der Waals surface area contributed by atoms with Crippen LogP contribution in [0.4, 0.5) is 26.3 Å². The molecule has 0 radical (unpaired) electrons. The second-order valence-electron chi connectivity index (χ2n) is 2.92. The van der Waals surface area contributed by atoms with E-state index in [0.29, 0.717) is 6.07 Å². The maximum absolute atomic E-state index is 12.3. The van der Waals surface area contributed by atoms with Crippen molar-refractivity contribution in [1.29, 1.82) is 0 Å². The van der Waals surface area contributed by atoms with Crippen molar-refractivity contribution in [1.82, 2.24) is 0 Å². The van der Waals surface area contributed by atoms with E-state index in [1.807, 2.05) is 0 Å². The second-order valence-corrected chi connectivity index (χ2v) is 2.92. The van der Waals surface area contributed by atoms with Gasteiger partial charge in [0, 0.05) is 5.56 Å². The summed E-state index contributed by atoms with van der Waals surface area (Å²) in [4.78, 5) is 10.2. The molecule has 1 nitrogen and oxygen atoms in total. The summed E-state index contributed by atoms with van der Waals surface area (Å²) in [5, 5.41) is 0. The van der Waals surface area contributed by atoms with Crippen LogP contribution < -0.4 is 0 Å². The van der Waals surface area contributed by atoms with Gasteiger partial charge in [-0.15, -0.1) is 0 Å². The fraction of sp³-hybridized carbons (Fsp3) is 0.222. The molecular formula is C9H4F6O. The van der Waals surface area contributed by atoms with Gasteiger partial charge >= 0.3 is 12.4 Å². The highest BCUT2D eigenvalue weighted by Gasteiger charge is 2.42. The minimum atomic E-state index is -5.15. The van der Waals surface area contributed by atoms with Crippen molar-refractivity contribution in [2.24, 2.45) is 0 Å².